The molecule has 0 heterocycles. The summed E-state index contributed by atoms with van der Waals surface area (Å²) in [4.78, 5) is 11.8. The van der Waals surface area contributed by atoms with E-state index in [9.17, 15) is 4.79 Å². The number of carbonyl (C=O) groups is 1. The van der Waals surface area contributed by atoms with Gasteiger partial charge in [-0.3, -0.25) is 4.79 Å². The van der Waals surface area contributed by atoms with E-state index in [0.717, 1.165) is 16.9 Å². The van der Waals surface area contributed by atoms with Gasteiger partial charge in [0.05, 0.1) is 13.0 Å². The molecule has 2 aromatic rings. The van der Waals surface area contributed by atoms with Crippen molar-refractivity contribution in [1.29, 1.82) is 0 Å². The number of ether oxygens (including phenoxy) is 1. The maximum absolute atomic E-state index is 11.8. The lowest BCUT2D eigenvalue weighted by Gasteiger charge is -2.10. The van der Waals surface area contributed by atoms with Crippen LogP contribution in [0.5, 0.6) is 5.75 Å². The second-order valence-corrected chi connectivity index (χ2v) is 4.66. The topological polar surface area (TPSA) is 64.3 Å². The lowest BCUT2D eigenvalue weighted by atomic mass is 10.1. The van der Waals surface area contributed by atoms with E-state index in [2.05, 4.69) is 5.32 Å². The molecule has 0 aliphatic rings. The van der Waals surface area contributed by atoms with E-state index in [1.807, 2.05) is 54.6 Å². The number of amides is 1. The van der Waals surface area contributed by atoms with Gasteiger partial charge in [-0.05, 0) is 23.3 Å². The standard InChI is InChI=1S/C17H20N2O2/c18-12-14-6-4-5-7-15(14)13-19-17(20)10-11-21-16-8-2-1-3-9-16/h1-9H,10-13,18H2,(H,19,20). The Kier molecular flexibility index (Phi) is 5.79. The second kappa shape index (κ2) is 8.07. The van der Waals surface area contributed by atoms with E-state index < -0.39 is 0 Å². The first kappa shape index (κ1) is 15.1. The first-order valence-corrected chi connectivity index (χ1v) is 7.01. The maximum Gasteiger partial charge on any atom is 0.223 e. The van der Waals surface area contributed by atoms with Gasteiger partial charge in [0.25, 0.3) is 0 Å². The number of rotatable bonds is 7. The zero-order valence-electron chi connectivity index (χ0n) is 11.9. The molecule has 0 bridgehead atoms. The van der Waals surface area contributed by atoms with Crippen LogP contribution in [0.4, 0.5) is 0 Å². The molecule has 0 spiro atoms. The number of hydrogen-bond acceptors (Lipinski definition) is 3. The lowest BCUT2D eigenvalue weighted by Crippen LogP contribution is -2.25. The molecule has 0 aromatic heterocycles. The first-order chi connectivity index (χ1) is 10.3. The molecular formula is C17H20N2O2. The molecule has 4 heteroatoms. The Morgan fingerprint density at radius 1 is 1.00 bits per heavy atom. The van der Waals surface area contributed by atoms with Crippen molar-refractivity contribution in [3.8, 4) is 5.75 Å². The molecule has 0 aliphatic heterocycles. The van der Waals surface area contributed by atoms with Crippen molar-refractivity contribution in [2.24, 2.45) is 5.73 Å². The van der Waals surface area contributed by atoms with Crippen molar-refractivity contribution in [3.05, 3.63) is 65.7 Å². The van der Waals surface area contributed by atoms with Crippen LogP contribution in [0.1, 0.15) is 17.5 Å². The predicted octanol–water partition coefficient (Wildman–Crippen LogP) is 2.23. The third kappa shape index (κ3) is 4.93. The van der Waals surface area contributed by atoms with Gasteiger partial charge in [-0.2, -0.15) is 0 Å². The highest BCUT2D eigenvalue weighted by Crippen LogP contribution is 2.09. The minimum atomic E-state index is -0.0299. The molecule has 4 nitrogen and oxygen atoms in total. The summed E-state index contributed by atoms with van der Waals surface area (Å²) in [5.74, 6) is 0.747. The first-order valence-electron chi connectivity index (χ1n) is 7.01. The molecule has 0 unspecified atom stereocenters. The highest BCUT2D eigenvalue weighted by molar-refractivity contribution is 5.76. The van der Waals surface area contributed by atoms with Crippen LogP contribution in [0, 0.1) is 0 Å². The van der Waals surface area contributed by atoms with E-state index in [4.69, 9.17) is 10.5 Å². The van der Waals surface area contributed by atoms with Crippen LogP contribution in [-0.4, -0.2) is 12.5 Å². The van der Waals surface area contributed by atoms with Gasteiger partial charge in [-0.1, -0.05) is 42.5 Å². The van der Waals surface area contributed by atoms with Crippen LogP contribution in [0.3, 0.4) is 0 Å². The van der Waals surface area contributed by atoms with Crippen LogP contribution >= 0.6 is 0 Å². The summed E-state index contributed by atoms with van der Waals surface area (Å²) in [7, 11) is 0. The molecule has 0 fully saturated rings. The molecule has 2 aromatic carbocycles. The van der Waals surface area contributed by atoms with Crippen LogP contribution in [-0.2, 0) is 17.9 Å². The average molecular weight is 284 g/mol. The lowest BCUT2D eigenvalue weighted by molar-refractivity contribution is -0.121. The van der Waals surface area contributed by atoms with Gasteiger partial charge in [0.2, 0.25) is 5.91 Å². The highest BCUT2D eigenvalue weighted by atomic mass is 16.5. The Morgan fingerprint density at radius 2 is 1.67 bits per heavy atom. The molecule has 3 N–H and O–H groups in total. The Morgan fingerprint density at radius 3 is 2.38 bits per heavy atom. The van der Waals surface area contributed by atoms with Crippen molar-refractivity contribution in [3.63, 3.8) is 0 Å². The van der Waals surface area contributed by atoms with Crippen LogP contribution in [0.15, 0.2) is 54.6 Å². The summed E-state index contributed by atoms with van der Waals surface area (Å²) in [6.07, 6.45) is 0.333. The molecule has 2 rings (SSSR count). The summed E-state index contributed by atoms with van der Waals surface area (Å²) in [5.41, 5.74) is 7.78. The zero-order chi connectivity index (χ0) is 14.9. The number of benzene rings is 2. The van der Waals surface area contributed by atoms with Crippen LogP contribution in [0.2, 0.25) is 0 Å². The molecule has 0 aliphatic carbocycles. The SMILES string of the molecule is NCc1ccccc1CNC(=O)CCOc1ccccc1. The highest BCUT2D eigenvalue weighted by Gasteiger charge is 2.04. The normalized spacial score (nSPS) is 10.1. The molecule has 21 heavy (non-hydrogen) atoms. The van der Waals surface area contributed by atoms with Gasteiger partial charge in [0, 0.05) is 13.1 Å². The molecule has 0 saturated carbocycles. The second-order valence-electron chi connectivity index (χ2n) is 4.66. The van der Waals surface area contributed by atoms with Crippen molar-refractivity contribution < 1.29 is 9.53 Å². The predicted molar refractivity (Wildman–Crippen MR) is 82.7 cm³/mol. The number of hydrogen-bond donors (Lipinski definition) is 2. The van der Waals surface area contributed by atoms with Crippen molar-refractivity contribution in [2.75, 3.05) is 6.61 Å². The average Bonchev–Trinajstić information content (AvgIpc) is 2.54. The van der Waals surface area contributed by atoms with Gasteiger partial charge < -0.3 is 15.8 Å². The third-order valence-corrected chi connectivity index (χ3v) is 3.16. The molecule has 0 radical (unpaired) electrons. The number of carbonyl (C=O) groups excluding carboxylic acids is 1. The Bertz CT molecular complexity index is 570. The van der Waals surface area contributed by atoms with Gasteiger partial charge in [0.1, 0.15) is 5.75 Å². The van der Waals surface area contributed by atoms with E-state index in [1.165, 1.54) is 0 Å². The summed E-state index contributed by atoms with van der Waals surface area (Å²) in [6.45, 7) is 1.34. The minimum absolute atomic E-state index is 0.0299. The zero-order valence-corrected chi connectivity index (χ0v) is 11.9. The summed E-state index contributed by atoms with van der Waals surface area (Å²) in [6, 6.07) is 17.3. The van der Waals surface area contributed by atoms with E-state index in [-0.39, 0.29) is 5.91 Å². The molecular weight excluding hydrogens is 264 g/mol. The Balaban J connectivity index is 1.72. The number of para-hydroxylation sites is 1. The monoisotopic (exact) mass is 284 g/mol. The van der Waals surface area contributed by atoms with Gasteiger partial charge in [-0.25, -0.2) is 0 Å². The largest absolute Gasteiger partial charge is 0.493 e. The minimum Gasteiger partial charge on any atom is -0.493 e. The number of nitrogens with two attached hydrogens (primary N) is 1. The number of nitrogens with one attached hydrogen (secondary N) is 1. The van der Waals surface area contributed by atoms with Crippen molar-refractivity contribution >= 4 is 5.91 Å². The third-order valence-electron chi connectivity index (χ3n) is 3.16. The van der Waals surface area contributed by atoms with Crippen molar-refractivity contribution in [1.82, 2.24) is 5.32 Å². The van der Waals surface area contributed by atoms with Gasteiger partial charge >= 0.3 is 0 Å². The molecule has 0 atom stereocenters. The Labute approximate surface area is 124 Å². The van der Waals surface area contributed by atoms with Crippen LogP contribution in [0.25, 0.3) is 0 Å². The quantitative estimate of drug-likeness (QED) is 0.819. The fourth-order valence-corrected chi connectivity index (χ4v) is 1.99. The van der Waals surface area contributed by atoms with E-state index >= 15 is 0 Å². The fourth-order valence-electron chi connectivity index (χ4n) is 1.99. The summed E-state index contributed by atoms with van der Waals surface area (Å²) in [5, 5.41) is 2.89. The Hall–Kier alpha value is -2.33. The van der Waals surface area contributed by atoms with Crippen molar-refractivity contribution in [2.45, 2.75) is 19.5 Å². The summed E-state index contributed by atoms with van der Waals surface area (Å²) < 4.78 is 5.49. The van der Waals surface area contributed by atoms with Gasteiger partial charge in [-0.15, -0.1) is 0 Å². The summed E-state index contributed by atoms with van der Waals surface area (Å²) >= 11 is 0. The molecule has 0 saturated heterocycles. The van der Waals surface area contributed by atoms with E-state index in [0.29, 0.717) is 26.1 Å². The van der Waals surface area contributed by atoms with Crippen LogP contribution < -0.4 is 15.8 Å². The molecule has 1 amide bonds. The smallest absolute Gasteiger partial charge is 0.223 e. The fraction of sp³-hybridized carbons (Fsp3) is 0.235. The maximum atomic E-state index is 11.8. The molecule has 110 valence electrons. The van der Waals surface area contributed by atoms with E-state index in [1.54, 1.807) is 0 Å². The van der Waals surface area contributed by atoms with Gasteiger partial charge in [0.15, 0.2) is 0 Å².